The van der Waals surface area contributed by atoms with Crippen LogP contribution in [0, 0.1) is 17.3 Å². The van der Waals surface area contributed by atoms with Gasteiger partial charge in [0.2, 0.25) is 5.91 Å². The molecule has 3 fully saturated rings. The lowest BCUT2D eigenvalue weighted by atomic mass is 9.77. The monoisotopic (exact) mass is 569 g/mol. The van der Waals surface area contributed by atoms with Crippen molar-refractivity contribution in [3.8, 4) is 11.5 Å². The lowest BCUT2D eigenvalue weighted by molar-refractivity contribution is -0.139. The van der Waals surface area contributed by atoms with Gasteiger partial charge >= 0.3 is 6.09 Å². The van der Waals surface area contributed by atoms with Gasteiger partial charge in [-0.25, -0.2) is 4.79 Å². The highest BCUT2D eigenvalue weighted by Crippen LogP contribution is 2.43. The van der Waals surface area contributed by atoms with Gasteiger partial charge in [0.25, 0.3) is 5.91 Å². The van der Waals surface area contributed by atoms with Crippen LogP contribution in [0.2, 0.25) is 0 Å². The number of amides is 3. The average Bonchev–Trinajstić information content (AvgIpc) is 3.70. The molecule has 0 aromatic heterocycles. The highest BCUT2D eigenvalue weighted by atomic mass is 16.6. The molecule has 224 valence electrons. The van der Waals surface area contributed by atoms with E-state index in [4.69, 9.17) is 18.9 Å². The summed E-state index contributed by atoms with van der Waals surface area (Å²) < 4.78 is 23.0. The standard InChI is InChI=1S/C31H43N3O7/c1-30(2,3)41-29(37)33-13-11-31(12-14-33)20-39-15-5-6-16-40-26-17-22(38-4)9-10-23(26)27(35)34-18-24(21-7-8-21)25(19-34)32-28(31)36/h5-6,9-10,17,21,24-25H,7-8,11-16,18-20H2,1-4H3,(H,32,36)/b6-5-/t24-,25+/m0/s1. The van der Waals surface area contributed by atoms with Gasteiger partial charge in [0.1, 0.15) is 23.7 Å². The van der Waals surface area contributed by atoms with E-state index in [-0.39, 0.29) is 43.1 Å². The van der Waals surface area contributed by atoms with Crippen molar-refractivity contribution in [2.24, 2.45) is 17.3 Å². The third-order valence-electron chi connectivity index (χ3n) is 8.56. The Bertz CT molecular complexity index is 1160. The molecule has 10 heteroatoms. The van der Waals surface area contributed by atoms with E-state index in [1.807, 2.05) is 37.8 Å². The molecule has 1 spiro atoms. The summed E-state index contributed by atoms with van der Waals surface area (Å²) in [6.07, 6.45) is 6.51. The average molecular weight is 570 g/mol. The van der Waals surface area contributed by atoms with Crippen LogP contribution >= 0.6 is 0 Å². The number of hydrogen-bond donors (Lipinski definition) is 1. The lowest BCUT2D eigenvalue weighted by Gasteiger charge is -2.41. The normalized spacial score (nSPS) is 26.1. The van der Waals surface area contributed by atoms with Gasteiger partial charge in [-0.05, 0) is 70.6 Å². The van der Waals surface area contributed by atoms with E-state index in [2.05, 4.69) is 5.32 Å². The van der Waals surface area contributed by atoms with Crippen molar-refractivity contribution in [1.82, 2.24) is 15.1 Å². The lowest BCUT2D eigenvalue weighted by Crippen LogP contribution is -2.55. The minimum atomic E-state index is -0.769. The molecule has 1 aromatic carbocycles. The fourth-order valence-corrected chi connectivity index (χ4v) is 6.04. The topological polar surface area (TPSA) is 107 Å². The molecule has 1 aromatic rings. The summed E-state index contributed by atoms with van der Waals surface area (Å²) in [7, 11) is 1.58. The third-order valence-corrected chi connectivity index (χ3v) is 8.56. The molecule has 1 N–H and O–H groups in total. The van der Waals surface area contributed by atoms with Crippen LogP contribution in [0.25, 0.3) is 0 Å². The van der Waals surface area contributed by atoms with Crippen molar-refractivity contribution in [3.63, 3.8) is 0 Å². The molecular formula is C31H43N3O7. The number of likely N-dealkylation sites (tertiary alicyclic amines) is 1. The maximum atomic E-state index is 14.0. The fourth-order valence-electron chi connectivity index (χ4n) is 6.04. The summed E-state index contributed by atoms with van der Waals surface area (Å²) in [5, 5.41) is 3.35. The number of piperidine rings is 1. The molecule has 41 heavy (non-hydrogen) atoms. The number of nitrogens with one attached hydrogen (secondary N) is 1. The Hall–Kier alpha value is -3.27. The van der Waals surface area contributed by atoms with Crippen LogP contribution in [0.3, 0.4) is 0 Å². The number of fused-ring (bicyclic) bond motifs is 3. The minimum Gasteiger partial charge on any atom is -0.497 e. The molecule has 3 aliphatic heterocycles. The van der Waals surface area contributed by atoms with Crippen molar-refractivity contribution in [2.75, 3.05) is 53.1 Å². The number of nitrogens with zero attached hydrogens (tertiary/aromatic N) is 2. The maximum absolute atomic E-state index is 14.0. The second kappa shape index (κ2) is 11.9. The predicted molar refractivity (Wildman–Crippen MR) is 152 cm³/mol. The molecule has 2 saturated heterocycles. The Kier molecular flexibility index (Phi) is 8.50. The number of ether oxygens (including phenoxy) is 4. The Morgan fingerprint density at radius 3 is 2.49 bits per heavy atom. The van der Waals surface area contributed by atoms with E-state index in [1.54, 1.807) is 30.2 Å². The molecule has 10 nitrogen and oxygen atoms in total. The van der Waals surface area contributed by atoms with Gasteiger partial charge in [0.15, 0.2) is 0 Å². The van der Waals surface area contributed by atoms with Crippen molar-refractivity contribution in [3.05, 3.63) is 35.9 Å². The van der Waals surface area contributed by atoms with Crippen LogP contribution in [0.5, 0.6) is 11.5 Å². The molecule has 1 saturated carbocycles. The highest BCUT2D eigenvalue weighted by Gasteiger charge is 2.48. The van der Waals surface area contributed by atoms with Crippen LogP contribution in [-0.4, -0.2) is 92.5 Å². The Balaban J connectivity index is 1.37. The van der Waals surface area contributed by atoms with Crippen molar-refractivity contribution in [1.29, 1.82) is 0 Å². The van der Waals surface area contributed by atoms with Crippen molar-refractivity contribution < 1.29 is 33.3 Å². The summed E-state index contributed by atoms with van der Waals surface area (Å²) in [6.45, 7) is 8.23. The van der Waals surface area contributed by atoms with Crippen LogP contribution < -0.4 is 14.8 Å². The zero-order valence-electron chi connectivity index (χ0n) is 24.6. The van der Waals surface area contributed by atoms with E-state index in [0.29, 0.717) is 68.6 Å². The molecule has 3 heterocycles. The Morgan fingerprint density at radius 1 is 1.07 bits per heavy atom. The van der Waals surface area contributed by atoms with E-state index in [0.717, 1.165) is 12.8 Å². The molecule has 3 amide bonds. The van der Waals surface area contributed by atoms with E-state index >= 15 is 0 Å². The number of benzene rings is 1. The summed E-state index contributed by atoms with van der Waals surface area (Å²) >= 11 is 0. The smallest absolute Gasteiger partial charge is 0.410 e. The third kappa shape index (κ3) is 6.80. The summed E-state index contributed by atoms with van der Waals surface area (Å²) in [5.74, 6) is 1.61. The second-order valence-electron chi connectivity index (χ2n) is 12.7. The SMILES string of the molecule is COc1ccc2c(c1)OC/C=C\COCC1(CCN(C(=O)OC(C)(C)C)CC1)C(=O)N[C@@H]1CN(C[C@H]1C1CC1)C2=O. The van der Waals surface area contributed by atoms with Gasteiger partial charge in [-0.3, -0.25) is 9.59 Å². The van der Waals surface area contributed by atoms with Crippen LogP contribution in [0.4, 0.5) is 4.79 Å². The minimum absolute atomic E-state index is 0.0594. The van der Waals surface area contributed by atoms with E-state index in [1.165, 1.54) is 0 Å². The fraction of sp³-hybridized carbons (Fsp3) is 0.645. The summed E-state index contributed by atoms with van der Waals surface area (Å²) in [4.78, 5) is 44.0. The van der Waals surface area contributed by atoms with Gasteiger partial charge in [-0.1, -0.05) is 6.08 Å². The first kappa shape index (κ1) is 29.2. The highest BCUT2D eigenvalue weighted by molar-refractivity contribution is 5.97. The van der Waals surface area contributed by atoms with E-state index < -0.39 is 11.0 Å². The molecule has 2 atom stereocenters. The molecule has 2 bridgehead atoms. The summed E-state index contributed by atoms with van der Waals surface area (Å²) in [6, 6.07) is 5.11. The van der Waals surface area contributed by atoms with Gasteiger partial charge in [0, 0.05) is 38.2 Å². The first-order valence-corrected chi connectivity index (χ1v) is 14.7. The number of carbonyl (C=O) groups is 3. The number of carbonyl (C=O) groups excluding carboxylic acids is 3. The van der Waals surface area contributed by atoms with Gasteiger partial charge in [-0.15, -0.1) is 0 Å². The van der Waals surface area contributed by atoms with Crippen LogP contribution in [0.15, 0.2) is 30.4 Å². The molecule has 4 aliphatic rings. The zero-order valence-corrected chi connectivity index (χ0v) is 24.6. The molecular weight excluding hydrogens is 526 g/mol. The quantitative estimate of drug-likeness (QED) is 0.542. The predicted octanol–water partition coefficient (Wildman–Crippen LogP) is 3.64. The number of methoxy groups -OCH3 is 1. The van der Waals surface area contributed by atoms with Gasteiger partial charge < -0.3 is 34.1 Å². The largest absolute Gasteiger partial charge is 0.497 e. The van der Waals surface area contributed by atoms with Crippen molar-refractivity contribution in [2.45, 2.75) is 58.1 Å². The number of hydrogen-bond acceptors (Lipinski definition) is 7. The zero-order chi connectivity index (χ0) is 29.2. The van der Waals surface area contributed by atoms with Gasteiger partial charge in [0.05, 0.1) is 37.3 Å². The molecule has 1 aliphatic carbocycles. The Morgan fingerprint density at radius 2 is 1.80 bits per heavy atom. The first-order valence-electron chi connectivity index (χ1n) is 14.7. The first-order chi connectivity index (χ1) is 19.6. The van der Waals surface area contributed by atoms with Crippen molar-refractivity contribution >= 4 is 17.9 Å². The maximum Gasteiger partial charge on any atom is 0.410 e. The van der Waals surface area contributed by atoms with Crippen LogP contribution in [0.1, 0.15) is 56.8 Å². The van der Waals surface area contributed by atoms with Gasteiger partial charge in [-0.2, -0.15) is 0 Å². The molecule has 0 unspecified atom stereocenters. The van der Waals surface area contributed by atoms with E-state index in [9.17, 15) is 14.4 Å². The molecule has 5 rings (SSSR count). The summed E-state index contributed by atoms with van der Waals surface area (Å²) in [5.41, 5.74) is -0.870. The number of rotatable bonds is 2. The molecule has 0 radical (unpaired) electrons. The second-order valence-corrected chi connectivity index (χ2v) is 12.7. The van der Waals surface area contributed by atoms with Crippen LogP contribution in [-0.2, 0) is 14.3 Å². The Labute approximate surface area is 242 Å².